The zero-order valence-corrected chi connectivity index (χ0v) is 6.59. The average molecular weight is 144 g/mol. The highest BCUT2D eigenvalue weighted by atomic mass is 14.0. The van der Waals surface area contributed by atoms with Crippen LogP contribution in [0.3, 0.4) is 0 Å². The molecule has 0 aliphatic heterocycles. The minimum atomic E-state index is 0.730. The number of hydrogen-bond acceptors (Lipinski definition) is 0. The van der Waals surface area contributed by atoms with Crippen molar-refractivity contribution in [3.05, 3.63) is 49.2 Å². The van der Waals surface area contributed by atoms with Crippen molar-refractivity contribution in [3.8, 4) is 0 Å². The SMILES string of the molecule is [CH]CCCc1ccccc1[CH]. The van der Waals surface area contributed by atoms with Crippen molar-refractivity contribution < 1.29 is 0 Å². The predicted octanol–water partition coefficient (Wildman–Crippen LogP) is 2.78. The van der Waals surface area contributed by atoms with E-state index in [1.54, 1.807) is 0 Å². The summed E-state index contributed by atoms with van der Waals surface area (Å²) in [6, 6.07) is 7.92. The van der Waals surface area contributed by atoms with Crippen molar-refractivity contribution in [1.29, 1.82) is 0 Å². The molecule has 0 nitrogen and oxygen atoms in total. The second-order valence-electron chi connectivity index (χ2n) is 2.59. The van der Waals surface area contributed by atoms with Gasteiger partial charge in [0, 0.05) is 0 Å². The molecular formula is C11H12. The second-order valence-corrected chi connectivity index (χ2v) is 2.59. The van der Waals surface area contributed by atoms with E-state index >= 15 is 0 Å². The molecule has 0 atom stereocenters. The van der Waals surface area contributed by atoms with Crippen LogP contribution in [0.1, 0.15) is 24.0 Å². The van der Waals surface area contributed by atoms with Crippen LogP contribution in [-0.2, 0) is 6.42 Å². The molecule has 1 aromatic carbocycles. The van der Waals surface area contributed by atoms with E-state index in [-0.39, 0.29) is 0 Å². The number of rotatable bonds is 3. The Balaban J connectivity index is 2.62. The van der Waals surface area contributed by atoms with E-state index in [4.69, 9.17) is 13.8 Å². The lowest BCUT2D eigenvalue weighted by molar-refractivity contribution is 0.838. The minimum Gasteiger partial charge on any atom is -0.0620 e. The summed E-state index contributed by atoms with van der Waals surface area (Å²) < 4.78 is 0. The standard InChI is InChI=1S/C11H12/c1-3-4-8-11-9-6-5-7-10(11)2/h1-2,5-7,9H,3-4,8H2. The van der Waals surface area contributed by atoms with E-state index in [9.17, 15) is 0 Å². The fraction of sp³-hybridized carbons (Fsp3) is 0.273. The molecule has 0 amide bonds. The van der Waals surface area contributed by atoms with Crippen LogP contribution in [-0.4, -0.2) is 0 Å². The van der Waals surface area contributed by atoms with E-state index in [2.05, 4.69) is 0 Å². The van der Waals surface area contributed by atoms with Crippen molar-refractivity contribution in [3.63, 3.8) is 0 Å². The van der Waals surface area contributed by atoms with Gasteiger partial charge < -0.3 is 0 Å². The van der Waals surface area contributed by atoms with Gasteiger partial charge in [-0.2, -0.15) is 0 Å². The van der Waals surface area contributed by atoms with Crippen LogP contribution in [0.15, 0.2) is 24.3 Å². The molecule has 0 saturated heterocycles. The topological polar surface area (TPSA) is 0 Å². The molecule has 0 saturated carbocycles. The molecule has 0 aliphatic rings. The van der Waals surface area contributed by atoms with Gasteiger partial charge in [-0.05, 0) is 44.2 Å². The largest absolute Gasteiger partial charge is 0.0620 e. The summed E-state index contributed by atoms with van der Waals surface area (Å²) in [5.41, 5.74) is 2.08. The molecule has 0 heteroatoms. The first kappa shape index (κ1) is 8.32. The summed E-state index contributed by atoms with van der Waals surface area (Å²) in [4.78, 5) is 0. The molecule has 0 unspecified atom stereocenters. The van der Waals surface area contributed by atoms with Crippen molar-refractivity contribution in [1.82, 2.24) is 0 Å². The van der Waals surface area contributed by atoms with Crippen molar-refractivity contribution in [2.45, 2.75) is 19.3 Å². The Kier molecular flexibility index (Phi) is 3.15. The molecule has 56 valence electrons. The lowest BCUT2D eigenvalue weighted by Gasteiger charge is -2.02. The maximum atomic E-state index is 5.72. The summed E-state index contributed by atoms with van der Waals surface area (Å²) in [7, 11) is 0. The van der Waals surface area contributed by atoms with Gasteiger partial charge in [0.2, 0.25) is 0 Å². The highest BCUT2D eigenvalue weighted by molar-refractivity contribution is 5.29. The summed E-state index contributed by atoms with van der Waals surface area (Å²) >= 11 is 0. The van der Waals surface area contributed by atoms with E-state index in [1.165, 1.54) is 5.56 Å². The molecule has 0 N–H and O–H groups in total. The van der Waals surface area contributed by atoms with Crippen molar-refractivity contribution >= 4 is 0 Å². The van der Waals surface area contributed by atoms with Crippen LogP contribution >= 0.6 is 0 Å². The van der Waals surface area contributed by atoms with E-state index < -0.39 is 0 Å². The Hall–Kier alpha value is -0.780. The average Bonchev–Trinajstić information content (AvgIpc) is 2.03. The predicted molar refractivity (Wildman–Crippen MR) is 47.1 cm³/mol. The Bertz CT molecular complexity index is 213. The van der Waals surface area contributed by atoms with Gasteiger partial charge in [-0.3, -0.25) is 0 Å². The smallest absolute Gasteiger partial charge is 0.000911 e. The van der Waals surface area contributed by atoms with Gasteiger partial charge in [-0.25, -0.2) is 0 Å². The summed E-state index contributed by atoms with van der Waals surface area (Å²) in [5.74, 6) is 0. The minimum absolute atomic E-state index is 0.730. The van der Waals surface area contributed by atoms with Crippen LogP contribution in [0.4, 0.5) is 0 Å². The zero-order chi connectivity index (χ0) is 8.10. The first-order valence-corrected chi connectivity index (χ1v) is 3.88. The third-order valence-corrected chi connectivity index (χ3v) is 1.71. The lowest BCUT2D eigenvalue weighted by Crippen LogP contribution is -1.87. The fourth-order valence-electron chi connectivity index (χ4n) is 1.05. The van der Waals surface area contributed by atoms with Gasteiger partial charge >= 0.3 is 0 Å². The van der Waals surface area contributed by atoms with E-state index in [0.29, 0.717) is 0 Å². The van der Waals surface area contributed by atoms with Crippen LogP contribution in [0.2, 0.25) is 0 Å². The monoisotopic (exact) mass is 144 g/mol. The molecule has 0 aliphatic carbocycles. The van der Waals surface area contributed by atoms with Gasteiger partial charge in [-0.15, -0.1) is 0 Å². The van der Waals surface area contributed by atoms with Crippen LogP contribution in [0.5, 0.6) is 0 Å². The summed E-state index contributed by atoms with van der Waals surface area (Å²) in [5, 5.41) is 0. The van der Waals surface area contributed by atoms with Crippen LogP contribution < -0.4 is 0 Å². The normalized spacial score (nSPS) is 10.0. The fourth-order valence-corrected chi connectivity index (χ4v) is 1.05. The lowest BCUT2D eigenvalue weighted by atomic mass is 10.0. The number of hydrogen-bond donors (Lipinski definition) is 0. The third kappa shape index (κ3) is 2.38. The van der Waals surface area contributed by atoms with Crippen molar-refractivity contribution in [2.24, 2.45) is 0 Å². The van der Waals surface area contributed by atoms with Crippen LogP contribution in [0.25, 0.3) is 0 Å². The Morgan fingerprint density at radius 3 is 2.55 bits per heavy atom. The maximum absolute atomic E-state index is 5.72. The van der Waals surface area contributed by atoms with Gasteiger partial charge in [0.05, 0.1) is 0 Å². The summed E-state index contributed by atoms with van der Waals surface area (Å²) in [6.07, 6.45) is 2.73. The first-order chi connectivity index (χ1) is 5.34. The van der Waals surface area contributed by atoms with Gasteiger partial charge in [0.25, 0.3) is 0 Å². The highest BCUT2D eigenvalue weighted by Crippen LogP contribution is 2.09. The van der Waals surface area contributed by atoms with Gasteiger partial charge in [0.1, 0.15) is 0 Å². The Morgan fingerprint density at radius 1 is 1.18 bits per heavy atom. The third-order valence-electron chi connectivity index (χ3n) is 1.71. The number of unbranched alkanes of at least 4 members (excludes halogenated alkanes) is 1. The maximum Gasteiger partial charge on any atom is -0.000911 e. The highest BCUT2D eigenvalue weighted by Gasteiger charge is 1.94. The summed E-state index contributed by atoms with van der Waals surface area (Å²) in [6.45, 7) is 11.1. The van der Waals surface area contributed by atoms with Gasteiger partial charge in [-0.1, -0.05) is 24.3 Å². The molecule has 1 rings (SSSR count). The molecule has 11 heavy (non-hydrogen) atoms. The number of benzene rings is 1. The van der Waals surface area contributed by atoms with E-state index in [0.717, 1.165) is 24.8 Å². The number of aryl methyl sites for hydroxylation is 1. The molecule has 1 aromatic rings. The molecule has 0 spiro atoms. The Morgan fingerprint density at radius 2 is 1.91 bits per heavy atom. The molecule has 0 bridgehead atoms. The second kappa shape index (κ2) is 4.17. The first-order valence-electron chi connectivity index (χ1n) is 3.88. The molecular weight excluding hydrogens is 132 g/mol. The molecule has 0 heterocycles. The molecule has 0 aromatic heterocycles. The van der Waals surface area contributed by atoms with E-state index in [1.807, 2.05) is 24.3 Å². The molecule has 4 radical (unpaired) electrons. The van der Waals surface area contributed by atoms with Gasteiger partial charge in [0.15, 0.2) is 0 Å². The van der Waals surface area contributed by atoms with Crippen LogP contribution in [0, 0.1) is 13.8 Å². The Labute approximate surface area is 69.3 Å². The quantitative estimate of drug-likeness (QED) is 0.612. The van der Waals surface area contributed by atoms with Crippen molar-refractivity contribution in [2.75, 3.05) is 0 Å². The molecule has 0 fully saturated rings. The zero-order valence-electron chi connectivity index (χ0n) is 6.59.